The van der Waals surface area contributed by atoms with Crippen molar-refractivity contribution < 1.29 is 32.5 Å². The summed E-state index contributed by atoms with van der Waals surface area (Å²) in [5.74, 6) is -5.12. The second kappa shape index (κ2) is 9.28. The minimum absolute atomic E-state index is 0.00889. The van der Waals surface area contributed by atoms with Gasteiger partial charge in [-0.15, -0.1) is 0 Å². The van der Waals surface area contributed by atoms with Crippen molar-refractivity contribution in [1.82, 2.24) is 5.32 Å². The Labute approximate surface area is 146 Å². The number of hydrogen-bond acceptors (Lipinski definition) is 5. The van der Waals surface area contributed by atoms with Gasteiger partial charge in [0.2, 0.25) is 5.91 Å². The molecule has 0 fully saturated rings. The first-order chi connectivity index (χ1) is 11.6. The summed E-state index contributed by atoms with van der Waals surface area (Å²) >= 11 is 0. The van der Waals surface area contributed by atoms with Gasteiger partial charge in [-0.25, -0.2) is 4.79 Å². The monoisotopic (exact) mass is 371 g/mol. The van der Waals surface area contributed by atoms with Gasteiger partial charge in [0.05, 0.1) is 5.92 Å². The molecule has 8 nitrogen and oxygen atoms in total. The van der Waals surface area contributed by atoms with E-state index in [1.165, 1.54) is 0 Å². The van der Waals surface area contributed by atoms with Crippen molar-refractivity contribution in [2.45, 2.75) is 32.2 Å². The van der Waals surface area contributed by atoms with Crippen LogP contribution in [0, 0.1) is 5.92 Å². The highest BCUT2D eigenvalue weighted by Gasteiger charge is 2.31. The molecule has 9 heteroatoms. The van der Waals surface area contributed by atoms with E-state index in [9.17, 15) is 22.8 Å². The molecule has 2 unspecified atom stereocenters. The maximum Gasteiger partial charge on any atom is 0.327 e. The second-order valence-corrected chi connectivity index (χ2v) is 7.12. The summed E-state index contributed by atoms with van der Waals surface area (Å²) in [4.78, 5) is 35.8. The van der Waals surface area contributed by atoms with Crippen LogP contribution in [0.3, 0.4) is 0 Å². The van der Waals surface area contributed by atoms with Gasteiger partial charge in [0.1, 0.15) is 17.6 Å². The second-order valence-electron chi connectivity index (χ2n) is 5.62. The third-order valence-electron chi connectivity index (χ3n) is 3.50. The van der Waals surface area contributed by atoms with Gasteiger partial charge in [0, 0.05) is 6.42 Å². The van der Waals surface area contributed by atoms with Crippen LogP contribution in [0.1, 0.15) is 25.3 Å². The molecule has 2 atom stereocenters. The number of carbonyl (C=O) groups excluding carboxylic acids is 2. The molecule has 0 heterocycles. The lowest BCUT2D eigenvalue weighted by Gasteiger charge is -2.18. The summed E-state index contributed by atoms with van der Waals surface area (Å²) in [6, 6.07) is 6.94. The lowest BCUT2D eigenvalue weighted by atomic mass is 9.93. The van der Waals surface area contributed by atoms with Crippen LogP contribution in [-0.4, -0.2) is 47.5 Å². The molecule has 0 aliphatic heterocycles. The van der Waals surface area contributed by atoms with Gasteiger partial charge in [-0.05, 0) is 12.0 Å². The van der Waals surface area contributed by atoms with Gasteiger partial charge in [-0.1, -0.05) is 43.7 Å². The van der Waals surface area contributed by atoms with Crippen molar-refractivity contribution >= 4 is 27.8 Å². The van der Waals surface area contributed by atoms with Crippen LogP contribution in [0.4, 0.5) is 0 Å². The molecule has 1 aromatic rings. The number of benzene rings is 1. The van der Waals surface area contributed by atoms with Crippen LogP contribution < -0.4 is 5.32 Å². The van der Waals surface area contributed by atoms with E-state index in [1.807, 2.05) is 5.32 Å². The van der Waals surface area contributed by atoms with Gasteiger partial charge >= 0.3 is 5.97 Å². The predicted molar refractivity (Wildman–Crippen MR) is 89.5 cm³/mol. The van der Waals surface area contributed by atoms with Gasteiger partial charge < -0.3 is 10.4 Å². The van der Waals surface area contributed by atoms with Crippen LogP contribution in [0.2, 0.25) is 0 Å². The Balaban J connectivity index is 2.87. The molecular weight excluding hydrogens is 350 g/mol. The smallest absolute Gasteiger partial charge is 0.327 e. The minimum Gasteiger partial charge on any atom is -0.480 e. The maximum atomic E-state index is 12.4. The standard InChI is InChI=1S/C16H21NO7S/c1-2-6-12(14(18)9-11-7-4-3-5-8-11)15(19)17-13(16(20)21)10-25(22,23)24/h3-5,7-8,12-13H,2,6,9-10H2,1H3,(H,17,19)(H,20,21)(H,22,23,24). The predicted octanol–water partition coefficient (Wildman–Crippen LogP) is 0.672. The summed E-state index contributed by atoms with van der Waals surface area (Å²) in [5.41, 5.74) is 0.717. The Morgan fingerprint density at radius 1 is 1.16 bits per heavy atom. The zero-order valence-corrected chi connectivity index (χ0v) is 14.5. The molecule has 0 spiro atoms. The van der Waals surface area contributed by atoms with Crippen molar-refractivity contribution in [3.05, 3.63) is 35.9 Å². The van der Waals surface area contributed by atoms with E-state index < -0.39 is 39.7 Å². The number of carboxylic acid groups (broad SMARTS) is 1. The van der Waals surface area contributed by atoms with E-state index in [0.29, 0.717) is 12.0 Å². The number of carboxylic acids is 1. The zero-order chi connectivity index (χ0) is 19.0. The van der Waals surface area contributed by atoms with Crippen molar-refractivity contribution in [2.24, 2.45) is 5.92 Å². The van der Waals surface area contributed by atoms with Crippen molar-refractivity contribution in [3.8, 4) is 0 Å². The molecule has 1 amide bonds. The first-order valence-corrected chi connectivity index (χ1v) is 9.30. The SMILES string of the molecule is CCCC(C(=O)Cc1ccccc1)C(=O)NC(CS(=O)(=O)O)C(=O)O. The third-order valence-corrected chi connectivity index (χ3v) is 4.25. The van der Waals surface area contributed by atoms with Crippen LogP contribution in [0.25, 0.3) is 0 Å². The van der Waals surface area contributed by atoms with Crippen LogP contribution in [0.15, 0.2) is 30.3 Å². The van der Waals surface area contributed by atoms with Gasteiger partial charge in [0.25, 0.3) is 10.1 Å². The number of aliphatic carboxylic acids is 1. The third kappa shape index (κ3) is 7.44. The fraction of sp³-hybridized carbons (Fsp3) is 0.438. The Hall–Kier alpha value is -2.26. The van der Waals surface area contributed by atoms with Gasteiger partial charge in [0.15, 0.2) is 0 Å². The van der Waals surface area contributed by atoms with Crippen molar-refractivity contribution in [1.29, 1.82) is 0 Å². The molecule has 1 rings (SSSR count). The van der Waals surface area contributed by atoms with Crippen molar-refractivity contribution in [2.75, 3.05) is 5.75 Å². The molecule has 0 saturated heterocycles. The molecular formula is C16H21NO7S. The van der Waals surface area contributed by atoms with Crippen molar-refractivity contribution in [3.63, 3.8) is 0 Å². The number of carbonyl (C=O) groups is 3. The Morgan fingerprint density at radius 2 is 1.76 bits per heavy atom. The molecule has 0 aliphatic carbocycles. The Bertz CT molecular complexity index is 715. The van der Waals surface area contributed by atoms with E-state index in [4.69, 9.17) is 9.66 Å². The lowest BCUT2D eigenvalue weighted by Crippen LogP contribution is -2.48. The zero-order valence-electron chi connectivity index (χ0n) is 13.7. The number of hydrogen-bond donors (Lipinski definition) is 3. The Kier molecular flexibility index (Phi) is 7.72. The molecule has 0 aromatic heterocycles. The number of ketones is 1. The summed E-state index contributed by atoms with van der Waals surface area (Å²) in [6.07, 6.45) is 0.722. The van der Waals surface area contributed by atoms with E-state index in [0.717, 1.165) is 0 Å². The highest BCUT2D eigenvalue weighted by Crippen LogP contribution is 2.13. The van der Waals surface area contributed by atoms with Gasteiger partial charge in [-0.2, -0.15) is 8.42 Å². The molecule has 1 aromatic carbocycles. The molecule has 0 aliphatic rings. The fourth-order valence-electron chi connectivity index (χ4n) is 2.30. The topological polar surface area (TPSA) is 138 Å². The molecule has 0 radical (unpaired) electrons. The number of nitrogens with one attached hydrogen (secondary N) is 1. The normalized spacial score (nSPS) is 13.7. The summed E-state index contributed by atoms with van der Waals surface area (Å²) in [7, 11) is -4.60. The summed E-state index contributed by atoms with van der Waals surface area (Å²) in [6.45, 7) is 1.77. The quantitative estimate of drug-likeness (QED) is 0.406. The maximum absolute atomic E-state index is 12.4. The first kappa shape index (κ1) is 20.8. The number of Topliss-reactive ketones (excluding diaryl/α,β-unsaturated/α-hetero) is 1. The summed E-state index contributed by atoms with van der Waals surface area (Å²) in [5, 5.41) is 11.0. The lowest BCUT2D eigenvalue weighted by molar-refractivity contribution is -0.143. The molecule has 0 bridgehead atoms. The van der Waals surface area contributed by atoms with E-state index in [2.05, 4.69) is 0 Å². The number of amides is 1. The van der Waals surface area contributed by atoms with Gasteiger partial charge in [-0.3, -0.25) is 14.1 Å². The average Bonchev–Trinajstić information content (AvgIpc) is 2.51. The highest BCUT2D eigenvalue weighted by molar-refractivity contribution is 7.85. The first-order valence-electron chi connectivity index (χ1n) is 7.69. The highest BCUT2D eigenvalue weighted by atomic mass is 32.2. The molecule has 138 valence electrons. The number of rotatable bonds is 10. The van der Waals surface area contributed by atoms with E-state index >= 15 is 0 Å². The Morgan fingerprint density at radius 3 is 2.24 bits per heavy atom. The minimum atomic E-state index is -4.60. The summed E-state index contributed by atoms with van der Waals surface area (Å²) < 4.78 is 30.5. The average molecular weight is 371 g/mol. The van der Waals surface area contributed by atoms with Crippen LogP contribution >= 0.6 is 0 Å². The largest absolute Gasteiger partial charge is 0.480 e. The van der Waals surface area contributed by atoms with Crippen LogP contribution in [-0.2, 0) is 30.9 Å². The van der Waals surface area contributed by atoms with E-state index in [-0.39, 0.29) is 18.6 Å². The molecule has 25 heavy (non-hydrogen) atoms. The van der Waals surface area contributed by atoms with Crippen LogP contribution in [0.5, 0.6) is 0 Å². The molecule has 0 saturated carbocycles. The molecule has 3 N–H and O–H groups in total. The fourth-order valence-corrected chi connectivity index (χ4v) is 2.95. The van der Waals surface area contributed by atoms with E-state index in [1.54, 1.807) is 37.3 Å².